The molecule has 1 amide bonds. The topological polar surface area (TPSA) is 58.1 Å². The van der Waals surface area contributed by atoms with Crippen LogP contribution in [0.25, 0.3) is 0 Å². The molecule has 2 rings (SSSR count). The third-order valence-electron chi connectivity index (χ3n) is 2.23. The van der Waals surface area contributed by atoms with Crippen molar-refractivity contribution in [1.29, 1.82) is 0 Å². The fourth-order valence-electron chi connectivity index (χ4n) is 1.31. The number of benzene rings is 1. The first-order valence-electron chi connectivity index (χ1n) is 5.02. The number of amides is 1. The first-order valence-corrected chi connectivity index (χ1v) is 5.79. The van der Waals surface area contributed by atoms with E-state index in [-0.39, 0.29) is 5.91 Å². The van der Waals surface area contributed by atoms with E-state index in [0.29, 0.717) is 10.7 Å². The van der Waals surface area contributed by atoms with Crippen molar-refractivity contribution in [2.24, 2.45) is 0 Å². The number of carbonyl (C=O) groups is 1. The van der Waals surface area contributed by atoms with Gasteiger partial charge in [-0.25, -0.2) is 4.98 Å². The van der Waals surface area contributed by atoms with E-state index in [0.717, 1.165) is 17.2 Å². The summed E-state index contributed by atoms with van der Waals surface area (Å²) in [5.74, 6) is -0.174. The lowest BCUT2D eigenvalue weighted by Gasteiger charge is -2.12. The number of anilines is 2. The smallest absolute Gasteiger partial charge is 0.257 e. The Morgan fingerprint density at radius 3 is 2.53 bits per heavy atom. The lowest BCUT2D eigenvalue weighted by atomic mass is 10.2. The standard InChI is InChI=1S/C11H12N4OS/c1-15(2)9-5-3-8(4-6-9)10(16)14-11-12-7-13-17-11/h3-7H,1-2H3,(H,12,13,14,16). The van der Waals surface area contributed by atoms with Crippen molar-refractivity contribution in [2.75, 3.05) is 24.3 Å². The molecule has 17 heavy (non-hydrogen) atoms. The largest absolute Gasteiger partial charge is 0.378 e. The summed E-state index contributed by atoms with van der Waals surface area (Å²) in [5, 5.41) is 3.19. The van der Waals surface area contributed by atoms with E-state index in [4.69, 9.17) is 0 Å². The van der Waals surface area contributed by atoms with Gasteiger partial charge in [0.05, 0.1) is 0 Å². The van der Waals surface area contributed by atoms with Crippen LogP contribution in [0.15, 0.2) is 30.6 Å². The minimum atomic E-state index is -0.174. The molecule has 0 aliphatic rings. The van der Waals surface area contributed by atoms with E-state index in [2.05, 4.69) is 14.7 Å². The second-order valence-corrected chi connectivity index (χ2v) is 4.42. The Kier molecular flexibility index (Phi) is 3.34. The number of rotatable bonds is 3. The summed E-state index contributed by atoms with van der Waals surface area (Å²) in [5.41, 5.74) is 1.66. The Hall–Kier alpha value is -1.95. The van der Waals surface area contributed by atoms with Crippen LogP contribution in [0.1, 0.15) is 10.4 Å². The first kappa shape index (κ1) is 11.5. The predicted molar refractivity (Wildman–Crippen MR) is 68.6 cm³/mol. The van der Waals surface area contributed by atoms with Gasteiger partial charge in [-0.05, 0) is 24.3 Å². The molecule has 0 aliphatic carbocycles. The predicted octanol–water partition coefficient (Wildman–Crippen LogP) is 1.86. The van der Waals surface area contributed by atoms with E-state index in [9.17, 15) is 4.79 Å². The molecule has 0 atom stereocenters. The van der Waals surface area contributed by atoms with Gasteiger partial charge in [0.15, 0.2) is 0 Å². The second kappa shape index (κ2) is 4.92. The summed E-state index contributed by atoms with van der Waals surface area (Å²) in [6.45, 7) is 0. The van der Waals surface area contributed by atoms with E-state index in [1.807, 2.05) is 31.1 Å². The summed E-state index contributed by atoms with van der Waals surface area (Å²) in [4.78, 5) is 17.7. The van der Waals surface area contributed by atoms with E-state index in [1.54, 1.807) is 12.1 Å². The molecule has 1 aromatic heterocycles. The molecule has 6 heteroatoms. The summed E-state index contributed by atoms with van der Waals surface area (Å²) < 4.78 is 3.82. The molecule has 1 aromatic carbocycles. The molecule has 5 nitrogen and oxygen atoms in total. The zero-order valence-corrected chi connectivity index (χ0v) is 10.4. The summed E-state index contributed by atoms with van der Waals surface area (Å²) in [7, 11) is 3.91. The summed E-state index contributed by atoms with van der Waals surface area (Å²) >= 11 is 1.15. The van der Waals surface area contributed by atoms with Gasteiger partial charge in [-0.15, -0.1) is 0 Å². The van der Waals surface area contributed by atoms with Gasteiger partial charge in [-0.3, -0.25) is 10.1 Å². The van der Waals surface area contributed by atoms with Gasteiger partial charge < -0.3 is 4.90 Å². The van der Waals surface area contributed by atoms with Crippen LogP contribution in [-0.2, 0) is 0 Å². The van der Waals surface area contributed by atoms with Crippen LogP contribution < -0.4 is 10.2 Å². The molecule has 0 fully saturated rings. The van der Waals surface area contributed by atoms with Crippen LogP contribution in [-0.4, -0.2) is 29.4 Å². The molecule has 0 spiro atoms. The Labute approximate surface area is 103 Å². The zero-order chi connectivity index (χ0) is 12.3. The third-order valence-corrected chi connectivity index (χ3v) is 2.81. The van der Waals surface area contributed by atoms with Crippen molar-refractivity contribution in [1.82, 2.24) is 9.36 Å². The van der Waals surface area contributed by atoms with Gasteiger partial charge in [-0.2, -0.15) is 4.37 Å². The average Bonchev–Trinajstić information content (AvgIpc) is 2.82. The zero-order valence-electron chi connectivity index (χ0n) is 9.54. The molecule has 1 N–H and O–H groups in total. The molecule has 0 aliphatic heterocycles. The number of nitrogens with zero attached hydrogens (tertiary/aromatic N) is 3. The minimum absolute atomic E-state index is 0.174. The van der Waals surface area contributed by atoms with Crippen LogP contribution in [0.3, 0.4) is 0 Å². The van der Waals surface area contributed by atoms with Crippen LogP contribution in [0.5, 0.6) is 0 Å². The Balaban J connectivity index is 2.09. The molecule has 0 bridgehead atoms. The monoisotopic (exact) mass is 248 g/mol. The summed E-state index contributed by atoms with van der Waals surface area (Å²) in [6.07, 6.45) is 1.41. The number of aromatic nitrogens is 2. The lowest BCUT2D eigenvalue weighted by Crippen LogP contribution is -2.12. The normalized spacial score (nSPS) is 10.0. The maximum atomic E-state index is 11.8. The SMILES string of the molecule is CN(C)c1ccc(C(=O)Nc2ncns2)cc1. The Morgan fingerprint density at radius 1 is 1.29 bits per heavy atom. The quantitative estimate of drug-likeness (QED) is 0.900. The van der Waals surface area contributed by atoms with E-state index >= 15 is 0 Å². The first-order chi connectivity index (χ1) is 8.16. The van der Waals surface area contributed by atoms with Crippen LogP contribution in [0, 0.1) is 0 Å². The fourth-order valence-corrected chi connectivity index (χ4v) is 1.74. The fraction of sp³-hybridized carbons (Fsp3) is 0.182. The van der Waals surface area contributed by atoms with Crippen molar-refractivity contribution < 1.29 is 4.79 Å². The minimum Gasteiger partial charge on any atom is -0.378 e. The molecule has 0 radical (unpaired) electrons. The van der Waals surface area contributed by atoms with Gasteiger partial charge in [0.2, 0.25) is 5.13 Å². The molecule has 0 saturated heterocycles. The highest BCUT2D eigenvalue weighted by atomic mass is 32.1. The Bertz CT molecular complexity index is 493. The van der Waals surface area contributed by atoms with Gasteiger partial charge in [0, 0.05) is 36.9 Å². The number of hydrogen-bond donors (Lipinski definition) is 1. The number of carbonyl (C=O) groups excluding carboxylic acids is 1. The van der Waals surface area contributed by atoms with Crippen LogP contribution in [0.2, 0.25) is 0 Å². The molecular weight excluding hydrogens is 236 g/mol. The Morgan fingerprint density at radius 2 is 2.00 bits per heavy atom. The highest BCUT2D eigenvalue weighted by Gasteiger charge is 2.07. The van der Waals surface area contributed by atoms with Crippen molar-refractivity contribution in [3.05, 3.63) is 36.2 Å². The van der Waals surface area contributed by atoms with Crippen molar-refractivity contribution in [2.45, 2.75) is 0 Å². The van der Waals surface area contributed by atoms with E-state index in [1.165, 1.54) is 6.33 Å². The molecule has 0 saturated carbocycles. The van der Waals surface area contributed by atoms with E-state index < -0.39 is 0 Å². The van der Waals surface area contributed by atoms with Gasteiger partial charge >= 0.3 is 0 Å². The molecule has 1 heterocycles. The second-order valence-electron chi connectivity index (χ2n) is 3.64. The highest BCUT2D eigenvalue weighted by Crippen LogP contribution is 2.14. The van der Waals surface area contributed by atoms with Gasteiger partial charge in [-0.1, -0.05) is 0 Å². The maximum absolute atomic E-state index is 11.8. The lowest BCUT2D eigenvalue weighted by molar-refractivity contribution is 0.102. The number of hydrogen-bond acceptors (Lipinski definition) is 5. The third kappa shape index (κ3) is 2.79. The van der Waals surface area contributed by atoms with Gasteiger partial charge in [0.25, 0.3) is 5.91 Å². The van der Waals surface area contributed by atoms with Crippen LogP contribution in [0.4, 0.5) is 10.8 Å². The summed E-state index contributed by atoms with van der Waals surface area (Å²) in [6, 6.07) is 7.36. The van der Waals surface area contributed by atoms with Crippen molar-refractivity contribution in [3.8, 4) is 0 Å². The average molecular weight is 248 g/mol. The van der Waals surface area contributed by atoms with Crippen molar-refractivity contribution in [3.63, 3.8) is 0 Å². The van der Waals surface area contributed by atoms with Crippen molar-refractivity contribution >= 4 is 28.3 Å². The molecule has 2 aromatic rings. The van der Waals surface area contributed by atoms with Crippen LogP contribution >= 0.6 is 11.5 Å². The van der Waals surface area contributed by atoms with Gasteiger partial charge in [0.1, 0.15) is 6.33 Å². The molecule has 0 unspecified atom stereocenters. The number of nitrogens with one attached hydrogen (secondary N) is 1. The maximum Gasteiger partial charge on any atom is 0.257 e. The molecule has 88 valence electrons. The highest BCUT2D eigenvalue weighted by molar-refractivity contribution is 7.09. The molecular formula is C11H12N4OS.